The van der Waals surface area contributed by atoms with Gasteiger partial charge < -0.3 is 5.11 Å². The highest BCUT2D eigenvalue weighted by atomic mass is 16.3. The molecule has 0 saturated heterocycles. The predicted octanol–water partition coefficient (Wildman–Crippen LogP) is 2.42. The molecule has 0 aromatic rings. The fourth-order valence-electron chi connectivity index (χ4n) is 2.74. The van der Waals surface area contributed by atoms with Crippen LogP contribution in [0, 0.1) is 17.8 Å². The molecule has 0 aromatic carbocycles. The van der Waals surface area contributed by atoms with Crippen molar-refractivity contribution < 1.29 is 5.11 Å². The third-order valence-corrected chi connectivity index (χ3v) is 4.24. The van der Waals surface area contributed by atoms with Crippen molar-refractivity contribution in [2.45, 2.75) is 63.5 Å². The lowest BCUT2D eigenvalue weighted by Gasteiger charge is -2.29. The van der Waals surface area contributed by atoms with E-state index in [-0.39, 0.29) is 0 Å². The number of aliphatic hydroxyl groups is 1. The first-order valence-corrected chi connectivity index (χ1v) is 7.02. The first kappa shape index (κ1) is 12.9. The molecule has 0 aliphatic heterocycles. The van der Waals surface area contributed by atoms with Crippen LogP contribution in [0.15, 0.2) is 0 Å². The van der Waals surface area contributed by atoms with Crippen molar-refractivity contribution in [3.63, 3.8) is 0 Å². The van der Waals surface area contributed by atoms with E-state index in [2.05, 4.69) is 23.8 Å². The molecule has 1 atom stereocenters. The van der Waals surface area contributed by atoms with Gasteiger partial charge in [0.2, 0.25) is 0 Å². The SMILES string of the molecule is CN(CC#C[C@@](C)(O)C1CC1)C1CCCCC1. The average Bonchev–Trinajstić information content (AvgIpc) is 3.14. The van der Waals surface area contributed by atoms with Crippen molar-refractivity contribution in [2.24, 2.45) is 5.92 Å². The molecule has 2 rings (SSSR count). The van der Waals surface area contributed by atoms with E-state index in [0.29, 0.717) is 12.0 Å². The molecule has 0 bridgehead atoms. The van der Waals surface area contributed by atoms with Gasteiger partial charge in [-0.25, -0.2) is 0 Å². The Morgan fingerprint density at radius 3 is 2.41 bits per heavy atom. The minimum atomic E-state index is -0.743. The summed E-state index contributed by atoms with van der Waals surface area (Å²) in [5.74, 6) is 6.65. The normalized spacial score (nSPS) is 25.2. The largest absolute Gasteiger partial charge is 0.378 e. The zero-order valence-electron chi connectivity index (χ0n) is 11.2. The van der Waals surface area contributed by atoms with E-state index in [1.165, 1.54) is 32.1 Å². The maximum Gasteiger partial charge on any atom is 0.125 e. The number of nitrogens with zero attached hydrogens (tertiary/aromatic N) is 1. The van der Waals surface area contributed by atoms with Crippen molar-refractivity contribution in [1.82, 2.24) is 4.90 Å². The Labute approximate surface area is 105 Å². The van der Waals surface area contributed by atoms with Gasteiger partial charge in [0.1, 0.15) is 5.60 Å². The van der Waals surface area contributed by atoms with Crippen LogP contribution in [-0.4, -0.2) is 35.2 Å². The summed E-state index contributed by atoms with van der Waals surface area (Å²) in [4.78, 5) is 2.36. The second-order valence-electron chi connectivity index (χ2n) is 5.93. The first-order chi connectivity index (χ1) is 8.09. The summed E-state index contributed by atoms with van der Waals surface area (Å²) >= 11 is 0. The maximum absolute atomic E-state index is 10.1. The van der Waals surface area contributed by atoms with E-state index in [0.717, 1.165) is 19.4 Å². The standard InChI is InChI=1S/C15H25NO/c1-15(17,13-9-10-13)11-6-12-16(2)14-7-4-3-5-8-14/h13-14,17H,3-5,7-10,12H2,1-2H3/t15-/m1/s1. The molecule has 2 aliphatic rings. The molecular weight excluding hydrogens is 210 g/mol. The van der Waals surface area contributed by atoms with Gasteiger partial charge in [-0.15, -0.1) is 0 Å². The van der Waals surface area contributed by atoms with Crippen molar-refractivity contribution in [3.8, 4) is 11.8 Å². The van der Waals surface area contributed by atoms with Crippen LogP contribution in [-0.2, 0) is 0 Å². The van der Waals surface area contributed by atoms with Gasteiger partial charge in [-0.1, -0.05) is 31.1 Å². The van der Waals surface area contributed by atoms with Crippen LogP contribution >= 0.6 is 0 Å². The molecule has 0 aromatic heterocycles. The van der Waals surface area contributed by atoms with E-state index in [9.17, 15) is 5.11 Å². The maximum atomic E-state index is 10.1. The topological polar surface area (TPSA) is 23.5 Å². The number of hydrogen-bond donors (Lipinski definition) is 1. The molecule has 0 unspecified atom stereocenters. The summed E-state index contributed by atoms with van der Waals surface area (Å²) in [6.45, 7) is 2.66. The third-order valence-electron chi connectivity index (χ3n) is 4.24. The fourth-order valence-corrected chi connectivity index (χ4v) is 2.74. The molecule has 2 aliphatic carbocycles. The van der Waals surface area contributed by atoms with Gasteiger partial charge in [0.25, 0.3) is 0 Å². The molecule has 2 heteroatoms. The third kappa shape index (κ3) is 3.72. The zero-order chi connectivity index (χ0) is 12.3. The van der Waals surface area contributed by atoms with Crippen LogP contribution in [0.5, 0.6) is 0 Å². The fraction of sp³-hybridized carbons (Fsp3) is 0.867. The zero-order valence-corrected chi connectivity index (χ0v) is 11.2. The molecule has 0 amide bonds. The molecule has 96 valence electrons. The van der Waals surface area contributed by atoms with Gasteiger partial charge in [-0.2, -0.15) is 0 Å². The van der Waals surface area contributed by atoms with E-state index >= 15 is 0 Å². The summed E-state index contributed by atoms with van der Waals surface area (Å²) < 4.78 is 0. The van der Waals surface area contributed by atoms with Crippen LogP contribution in [0.4, 0.5) is 0 Å². The molecule has 2 nitrogen and oxygen atoms in total. The highest BCUT2D eigenvalue weighted by molar-refractivity contribution is 5.17. The van der Waals surface area contributed by atoms with Crippen LogP contribution in [0.1, 0.15) is 51.9 Å². The molecule has 1 N–H and O–H groups in total. The Balaban J connectivity index is 1.78. The van der Waals surface area contributed by atoms with Gasteiger partial charge in [0, 0.05) is 6.04 Å². The highest BCUT2D eigenvalue weighted by Gasteiger charge is 2.38. The highest BCUT2D eigenvalue weighted by Crippen LogP contribution is 2.38. The van der Waals surface area contributed by atoms with Crippen molar-refractivity contribution in [1.29, 1.82) is 0 Å². The molecule has 2 saturated carbocycles. The second kappa shape index (κ2) is 5.42. The minimum absolute atomic E-state index is 0.426. The van der Waals surface area contributed by atoms with Crippen molar-refractivity contribution >= 4 is 0 Å². The monoisotopic (exact) mass is 235 g/mol. The number of rotatable bonds is 3. The van der Waals surface area contributed by atoms with Crippen molar-refractivity contribution in [2.75, 3.05) is 13.6 Å². The quantitative estimate of drug-likeness (QED) is 0.759. The number of hydrogen-bond acceptors (Lipinski definition) is 2. The Kier molecular flexibility index (Phi) is 4.12. The molecule has 0 radical (unpaired) electrons. The minimum Gasteiger partial charge on any atom is -0.378 e. The molecule has 0 heterocycles. The first-order valence-electron chi connectivity index (χ1n) is 7.02. The lowest BCUT2D eigenvalue weighted by atomic mass is 9.94. The van der Waals surface area contributed by atoms with Crippen LogP contribution in [0.3, 0.4) is 0 Å². The van der Waals surface area contributed by atoms with Gasteiger partial charge >= 0.3 is 0 Å². The Morgan fingerprint density at radius 2 is 1.82 bits per heavy atom. The van der Waals surface area contributed by atoms with Gasteiger partial charge in [-0.3, -0.25) is 4.90 Å². The molecular formula is C15H25NO. The molecule has 17 heavy (non-hydrogen) atoms. The van der Waals surface area contributed by atoms with E-state index in [4.69, 9.17) is 0 Å². The smallest absolute Gasteiger partial charge is 0.125 e. The predicted molar refractivity (Wildman–Crippen MR) is 70.6 cm³/mol. The lowest BCUT2D eigenvalue weighted by molar-refractivity contribution is 0.0977. The lowest BCUT2D eigenvalue weighted by Crippen LogP contribution is -2.34. The molecule has 2 fully saturated rings. The van der Waals surface area contributed by atoms with Crippen molar-refractivity contribution in [3.05, 3.63) is 0 Å². The van der Waals surface area contributed by atoms with Gasteiger partial charge in [0.15, 0.2) is 0 Å². The summed E-state index contributed by atoms with van der Waals surface area (Å²) in [5.41, 5.74) is -0.743. The Morgan fingerprint density at radius 1 is 1.18 bits per heavy atom. The van der Waals surface area contributed by atoms with E-state index < -0.39 is 5.60 Å². The second-order valence-corrected chi connectivity index (χ2v) is 5.93. The van der Waals surface area contributed by atoms with Gasteiger partial charge in [-0.05, 0) is 45.6 Å². The summed E-state index contributed by atoms with van der Waals surface area (Å²) in [7, 11) is 2.16. The Hall–Kier alpha value is -0.520. The summed E-state index contributed by atoms with van der Waals surface area (Å²) in [5, 5.41) is 10.1. The van der Waals surface area contributed by atoms with Crippen LogP contribution in [0.2, 0.25) is 0 Å². The van der Waals surface area contributed by atoms with Gasteiger partial charge in [0.05, 0.1) is 6.54 Å². The average molecular weight is 235 g/mol. The Bertz CT molecular complexity index is 303. The molecule has 0 spiro atoms. The van der Waals surface area contributed by atoms with Crippen LogP contribution in [0.25, 0.3) is 0 Å². The summed E-state index contributed by atoms with van der Waals surface area (Å²) in [6, 6.07) is 0.712. The van der Waals surface area contributed by atoms with E-state index in [1.54, 1.807) is 0 Å². The summed E-state index contributed by atoms with van der Waals surface area (Å²) in [6.07, 6.45) is 9.03. The van der Waals surface area contributed by atoms with E-state index in [1.807, 2.05) is 6.92 Å². The van der Waals surface area contributed by atoms with Crippen LogP contribution < -0.4 is 0 Å².